The minimum absolute atomic E-state index is 0.0628. The molecule has 0 aromatic heterocycles. The van der Waals surface area contributed by atoms with Crippen LogP contribution in [0.25, 0.3) is 0 Å². The van der Waals surface area contributed by atoms with Crippen LogP contribution in [0, 0.1) is 0 Å². The Labute approximate surface area is 75.3 Å². The number of rotatable bonds is 5. The van der Waals surface area contributed by atoms with Crippen molar-refractivity contribution in [2.24, 2.45) is 0 Å². The first-order chi connectivity index (χ1) is 5.57. The fourth-order valence-corrected chi connectivity index (χ4v) is 0.718. The van der Waals surface area contributed by atoms with Crippen LogP contribution in [0.5, 0.6) is 0 Å². The fraction of sp³-hybridized carbons (Fsp3) is 0.857. The number of nitrogens with one attached hydrogen (secondary N) is 1. The molecule has 0 aliphatic rings. The zero-order valence-electron chi connectivity index (χ0n) is 8.00. The summed E-state index contributed by atoms with van der Waals surface area (Å²) in [7, 11) is 9.15. The van der Waals surface area contributed by atoms with Crippen molar-refractivity contribution in [2.75, 3.05) is 33.9 Å². The molecule has 0 heterocycles. The Morgan fingerprint density at radius 1 is 1.50 bits per heavy atom. The van der Waals surface area contributed by atoms with E-state index in [-0.39, 0.29) is 5.91 Å². The Balaban J connectivity index is 3.46. The molecule has 0 atom stereocenters. The van der Waals surface area contributed by atoms with Gasteiger partial charge in [0.15, 0.2) is 7.98 Å². The number of likely N-dealkylation sites (N-methyl/N-ethyl adjacent to an activating group) is 1. The Hall–Kier alpha value is -0.545. The molecule has 5 heteroatoms. The Morgan fingerprint density at radius 3 is 2.50 bits per heavy atom. The first-order valence-electron chi connectivity index (χ1n) is 3.94. The maximum Gasteiger partial charge on any atom is 0.219 e. The number of carbonyl (C=O) groups excluding carboxylic acids is 1. The SMILES string of the molecule is [B]N(CCN(C)C(C)=O)CNC. The maximum atomic E-state index is 10.8. The van der Waals surface area contributed by atoms with Gasteiger partial charge in [0.1, 0.15) is 0 Å². The molecule has 0 aromatic rings. The summed E-state index contributed by atoms with van der Waals surface area (Å²) in [5.41, 5.74) is 0. The zero-order chi connectivity index (χ0) is 9.56. The highest BCUT2D eigenvalue weighted by Gasteiger charge is 2.02. The summed E-state index contributed by atoms with van der Waals surface area (Å²) in [4.78, 5) is 14.0. The van der Waals surface area contributed by atoms with Crippen LogP contribution in [-0.4, -0.2) is 57.5 Å². The molecule has 0 aromatic carbocycles. The molecule has 4 nitrogen and oxygen atoms in total. The summed E-state index contributed by atoms with van der Waals surface area (Å²) in [5.74, 6) is 0.0628. The third-order valence-electron chi connectivity index (χ3n) is 1.62. The van der Waals surface area contributed by atoms with Crippen LogP contribution in [0.15, 0.2) is 0 Å². The van der Waals surface area contributed by atoms with Gasteiger partial charge in [-0.3, -0.25) is 4.79 Å². The lowest BCUT2D eigenvalue weighted by atomic mass is 10.3. The molecule has 1 amide bonds. The topological polar surface area (TPSA) is 35.6 Å². The van der Waals surface area contributed by atoms with Crippen LogP contribution < -0.4 is 5.32 Å². The highest BCUT2D eigenvalue weighted by molar-refractivity contribution is 6.04. The van der Waals surface area contributed by atoms with Crippen molar-refractivity contribution in [3.8, 4) is 0 Å². The molecule has 12 heavy (non-hydrogen) atoms. The minimum Gasteiger partial charge on any atom is -0.345 e. The quantitative estimate of drug-likeness (QED) is 0.424. The van der Waals surface area contributed by atoms with Crippen LogP contribution in [0.1, 0.15) is 6.92 Å². The van der Waals surface area contributed by atoms with E-state index in [1.807, 2.05) is 7.05 Å². The predicted octanol–water partition coefficient (Wildman–Crippen LogP) is -0.973. The lowest BCUT2D eigenvalue weighted by Crippen LogP contribution is -2.37. The van der Waals surface area contributed by atoms with Gasteiger partial charge in [0.25, 0.3) is 0 Å². The number of hydrogen-bond acceptors (Lipinski definition) is 3. The van der Waals surface area contributed by atoms with Gasteiger partial charge in [-0.2, -0.15) is 0 Å². The molecular weight excluding hydrogens is 153 g/mol. The van der Waals surface area contributed by atoms with Crippen LogP contribution in [0.3, 0.4) is 0 Å². The van der Waals surface area contributed by atoms with Gasteiger partial charge < -0.3 is 15.0 Å². The third-order valence-corrected chi connectivity index (χ3v) is 1.62. The average molecular weight is 169 g/mol. The fourth-order valence-electron chi connectivity index (χ4n) is 0.718. The van der Waals surface area contributed by atoms with Gasteiger partial charge in [-0.05, 0) is 7.05 Å². The van der Waals surface area contributed by atoms with E-state index in [1.165, 1.54) is 0 Å². The second-order valence-corrected chi connectivity index (χ2v) is 2.76. The lowest BCUT2D eigenvalue weighted by Gasteiger charge is -2.21. The monoisotopic (exact) mass is 169 g/mol. The molecule has 0 saturated carbocycles. The number of carbonyl (C=O) groups is 1. The molecule has 0 fully saturated rings. The molecule has 0 aliphatic carbocycles. The van der Waals surface area contributed by atoms with Crippen molar-refractivity contribution in [3.05, 3.63) is 0 Å². The number of nitrogens with zero attached hydrogens (tertiary/aromatic N) is 2. The number of hydrogen-bond donors (Lipinski definition) is 1. The van der Waals surface area contributed by atoms with Crippen molar-refractivity contribution in [2.45, 2.75) is 6.92 Å². The Bertz CT molecular complexity index is 143. The van der Waals surface area contributed by atoms with Crippen molar-refractivity contribution < 1.29 is 4.79 Å². The normalized spacial score (nSPS) is 10.3. The first-order valence-corrected chi connectivity index (χ1v) is 3.94. The lowest BCUT2D eigenvalue weighted by molar-refractivity contribution is -0.127. The van der Waals surface area contributed by atoms with E-state index < -0.39 is 0 Å². The molecule has 1 N–H and O–H groups in total. The second-order valence-electron chi connectivity index (χ2n) is 2.76. The van der Waals surface area contributed by atoms with Crippen molar-refractivity contribution >= 4 is 13.9 Å². The molecule has 0 saturated heterocycles. The first kappa shape index (κ1) is 11.5. The van der Waals surface area contributed by atoms with E-state index in [9.17, 15) is 4.79 Å². The van der Waals surface area contributed by atoms with E-state index in [0.29, 0.717) is 19.8 Å². The maximum absolute atomic E-state index is 10.8. The highest BCUT2D eigenvalue weighted by atomic mass is 16.2. The molecule has 0 bridgehead atoms. The van der Waals surface area contributed by atoms with Crippen LogP contribution in [0.4, 0.5) is 0 Å². The summed E-state index contributed by atoms with van der Waals surface area (Å²) < 4.78 is 0. The minimum atomic E-state index is 0.0628. The van der Waals surface area contributed by atoms with Crippen molar-refractivity contribution in [1.29, 1.82) is 0 Å². The van der Waals surface area contributed by atoms with Crippen molar-refractivity contribution in [1.82, 2.24) is 15.0 Å². The number of amides is 1. The third kappa shape index (κ3) is 5.15. The average Bonchev–Trinajstić information content (AvgIpc) is 2.00. The van der Waals surface area contributed by atoms with Crippen LogP contribution in [0.2, 0.25) is 0 Å². The molecule has 2 radical (unpaired) electrons. The summed E-state index contributed by atoms with van der Waals surface area (Å²) in [5, 5.41) is 2.92. The summed E-state index contributed by atoms with van der Waals surface area (Å²) in [6.07, 6.45) is 0. The summed E-state index contributed by atoms with van der Waals surface area (Å²) in [6, 6.07) is 0. The molecular formula is C7H16BN3O. The van der Waals surface area contributed by atoms with Gasteiger partial charge in [0, 0.05) is 33.7 Å². The van der Waals surface area contributed by atoms with E-state index >= 15 is 0 Å². The smallest absolute Gasteiger partial charge is 0.219 e. The Kier molecular flexibility index (Phi) is 5.75. The molecule has 0 aliphatic heterocycles. The van der Waals surface area contributed by atoms with Crippen LogP contribution >= 0.6 is 0 Å². The molecule has 0 spiro atoms. The zero-order valence-corrected chi connectivity index (χ0v) is 8.00. The highest BCUT2D eigenvalue weighted by Crippen LogP contribution is 1.84. The Morgan fingerprint density at radius 2 is 2.08 bits per heavy atom. The largest absolute Gasteiger partial charge is 0.345 e. The van der Waals surface area contributed by atoms with Gasteiger partial charge in [0.2, 0.25) is 5.91 Å². The van der Waals surface area contributed by atoms with E-state index in [2.05, 4.69) is 5.32 Å². The van der Waals surface area contributed by atoms with Gasteiger partial charge in [-0.25, -0.2) is 0 Å². The van der Waals surface area contributed by atoms with E-state index in [1.54, 1.807) is 23.7 Å². The van der Waals surface area contributed by atoms with Gasteiger partial charge in [-0.1, -0.05) is 0 Å². The predicted molar refractivity (Wildman–Crippen MR) is 49.7 cm³/mol. The molecule has 0 unspecified atom stereocenters. The van der Waals surface area contributed by atoms with Crippen molar-refractivity contribution in [3.63, 3.8) is 0 Å². The van der Waals surface area contributed by atoms with E-state index in [0.717, 1.165) is 0 Å². The van der Waals surface area contributed by atoms with Gasteiger partial charge in [0.05, 0.1) is 0 Å². The van der Waals surface area contributed by atoms with Gasteiger partial charge in [-0.15, -0.1) is 0 Å². The molecule has 68 valence electrons. The van der Waals surface area contributed by atoms with Crippen LogP contribution in [-0.2, 0) is 4.79 Å². The van der Waals surface area contributed by atoms with Gasteiger partial charge >= 0.3 is 0 Å². The summed E-state index contributed by atoms with van der Waals surface area (Å²) in [6.45, 7) is 3.51. The standard InChI is InChI=1S/C7H16BN3O/c1-7(12)10(3)4-5-11(8)6-9-2/h9H,4-6H2,1-3H3. The van der Waals surface area contributed by atoms with E-state index in [4.69, 9.17) is 7.98 Å². The second kappa shape index (κ2) is 6.02. The molecule has 0 rings (SSSR count). The summed E-state index contributed by atoms with van der Waals surface area (Å²) >= 11 is 0.